The van der Waals surface area contributed by atoms with Gasteiger partial charge in [0.25, 0.3) is 5.56 Å². The number of carboxylic acid groups (broad SMARTS) is 1. The van der Waals surface area contributed by atoms with E-state index in [1.807, 2.05) is 4.98 Å². The quantitative estimate of drug-likeness (QED) is 0.629. The zero-order valence-electron chi connectivity index (χ0n) is 9.05. The van der Waals surface area contributed by atoms with E-state index in [1.165, 1.54) is 4.57 Å². The number of hydrogen-bond donors (Lipinski definition) is 3. The van der Waals surface area contributed by atoms with Crippen molar-refractivity contribution < 1.29 is 9.90 Å². The largest absolute Gasteiger partial charge is 0.477 e. The number of hydrogen-bond acceptors (Lipinski definition) is 4. The van der Waals surface area contributed by atoms with Crippen molar-refractivity contribution in [3.05, 3.63) is 32.6 Å². The van der Waals surface area contributed by atoms with Crippen LogP contribution in [0.5, 0.6) is 0 Å². The number of nitrogens with zero attached hydrogens (tertiary/aromatic N) is 1. The van der Waals surface area contributed by atoms with Gasteiger partial charge in [0.15, 0.2) is 0 Å². The van der Waals surface area contributed by atoms with E-state index in [4.69, 9.17) is 10.8 Å². The second-order valence-electron chi connectivity index (χ2n) is 4.18. The predicted molar refractivity (Wildman–Crippen MR) is 59.1 cm³/mol. The first-order chi connectivity index (χ1) is 8.00. The third-order valence-corrected chi connectivity index (χ3v) is 3.09. The fourth-order valence-electron chi connectivity index (χ4n) is 2.20. The van der Waals surface area contributed by atoms with Crippen LogP contribution in [-0.4, -0.2) is 26.7 Å². The van der Waals surface area contributed by atoms with Crippen LogP contribution in [0.4, 0.5) is 0 Å². The summed E-state index contributed by atoms with van der Waals surface area (Å²) in [6, 6.07) is -0.419. The fraction of sp³-hybridized carbons (Fsp3) is 0.500. The lowest BCUT2D eigenvalue weighted by atomic mass is 10.2. The topological polar surface area (TPSA) is 118 Å². The van der Waals surface area contributed by atoms with Crippen molar-refractivity contribution >= 4 is 5.97 Å². The number of H-pyrrole nitrogens is 1. The molecule has 7 heteroatoms. The highest BCUT2D eigenvalue weighted by atomic mass is 16.4. The number of nitrogens with two attached hydrogens (primary N) is 1. The van der Waals surface area contributed by atoms with Crippen LogP contribution in [0.3, 0.4) is 0 Å². The van der Waals surface area contributed by atoms with Crippen LogP contribution in [0.25, 0.3) is 0 Å². The van der Waals surface area contributed by atoms with Crippen LogP contribution in [0.15, 0.2) is 15.8 Å². The molecular weight excluding hydrogens is 226 g/mol. The lowest BCUT2D eigenvalue weighted by Gasteiger charge is -2.18. The maximum absolute atomic E-state index is 11.6. The summed E-state index contributed by atoms with van der Waals surface area (Å²) in [6.07, 6.45) is 3.48. The molecule has 1 aromatic rings. The second kappa shape index (κ2) is 4.17. The van der Waals surface area contributed by atoms with Gasteiger partial charge in [0.05, 0.1) is 6.04 Å². The molecule has 1 aliphatic rings. The van der Waals surface area contributed by atoms with Gasteiger partial charge in [-0.1, -0.05) is 0 Å². The van der Waals surface area contributed by atoms with Gasteiger partial charge in [-0.15, -0.1) is 0 Å². The van der Waals surface area contributed by atoms with Crippen LogP contribution in [-0.2, 0) is 0 Å². The Morgan fingerprint density at radius 3 is 2.71 bits per heavy atom. The van der Waals surface area contributed by atoms with Gasteiger partial charge in [-0.2, -0.15) is 0 Å². The van der Waals surface area contributed by atoms with E-state index in [0.717, 1.165) is 19.0 Å². The first kappa shape index (κ1) is 11.6. The summed E-state index contributed by atoms with van der Waals surface area (Å²) < 4.78 is 1.22. The molecule has 2 atom stereocenters. The Bertz CT molecular complexity index is 559. The zero-order valence-corrected chi connectivity index (χ0v) is 9.05. The van der Waals surface area contributed by atoms with Crippen LogP contribution < -0.4 is 17.0 Å². The maximum atomic E-state index is 11.6. The Labute approximate surface area is 95.9 Å². The van der Waals surface area contributed by atoms with Crippen LogP contribution >= 0.6 is 0 Å². The summed E-state index contributed by atoms with van der Waals surface area (Å²) in [5.41, 5.74) is 3.91. The first-order valence-electron chi connectivity index (χ1n) is 5.35. The Balaban J connectivity index is 2.54. The van der Waals surface area contributed by atoms with E-state index in [2.05, 4.69) is 0 Å². The molecule has 0 amide bonds. The third kappa shape index (κ3) is 2.01. The Hall–Kier alpha value is -1.89. The van der Waals surface area contributed by atoms with Crippen molar-refractivity contribution in [3.63, 3.8) is 0 Å². The summed E-state index contributed by atoms with van der Waals surface area (Å²) in [4.78, 5) is 35.7. The van der Waals surface area contributed by atoms with Crippen molar-refractivity contribution in [2.45, 2.75) is 31.3 Å². The molecule has 1 fully saturated rings. The summed E-state index contributed by atoms with van der Waals surface area (Å²) in [7, 11) is 0. The van der Waals surface area contributed by atoms with E-state index >= 15 is 0 Å². The van der Waals surface area contributed by atoms with E-state index in [9.17, 15) is 14.4 Å². The third-order valence-electron chi connectivity index (χ3n) is 3.09. The van der Waals surface area contributed by atoms with Crippen LogP contribution in [0.2, 0.25) is 0 Å². The highest BCUT2D eigenvalue weighted by Crippen LogP contribution is 2.27. The molecule has 1 heterocycles. The average Bonchev–Trinajstić information content (AvgIpc) is 2.64. The van der Waals surface area contributed by atoms with Gasteiger partial charge in [-0.05, 0) is 19.3 Å². The molecule has 0 radical (unpaired) electrons. The molecule has 0 unspecified atom stereocenters. The molecule has 92 valence electrons. The Kier molecular flexibility index (Phi) is 2.84. The van der Waals surface area contributed by atoms with Crippen molar-refractivity contribution in [2.75, 3.05) is 0 Å². The zero-order chi connectivity index (χ0) is 12.6. The minimum Gasteiger partial charge on any atom is -0.477 e. The standard InChI is InChI=1S/C10H13N3O4/c11-6-2-1-3-7(6)13-4-5(9(15)16)8(14)12-10(13)17/h4,6-7H,1-3,11H2,(H,15,16)(H,12,14,17)/t6-,7+/m0/s1. The normalized spacial score (nSPS) is 23.8. The fourth-order valence-corrected chi connectivity index (χ4v) is 2.20. The Morgan fingerprint density at radius 2 is 2.18 bits per heavy atom. The molecule has 2 rings (SSSR count). The highest BCUT2D eigenvalue weighted by Gasteiger charge is 2.27. The number of nitrogens with one attached hydrogen (secondary N) is 1. The summed E-state index contributed by atoms with van der Waals surface area (Å²) in [5, 5.41) is 8.82. The Morgan fingerprint density at radius 1 is 1.47 bits per heavy atom. The van der Waals surface area contributed by atoms with Gasteiger partial charge in [0.1, 0.15) is 5.56 Å². The molecule has 1 aromatic heterocycles. The lowest BCUT2D eigenvalue weighted by molar-refractivity contribution is 0.0693. The van der Waals surface area contributed by atoms with Gasteiger partial charge in [0, 0.05) is 12.2 Å². The smallest absolute Gasteiger partial charge is 0.342 e. The molecule has 0 bridgehead atoms. The summed E-state index contributed by atoms with van der Waals surface area (Å²) in [5.74, 6) is -1.36. The van der Waals surface area contributed by atoms with Crippen LogP contribution in [0, 0.1) is 0 Å². The first-order valence-corrected chi connectivity index (χ1v) is 5.35. The number of carbonyl (C=O) groups is 1. The number of aromatic nitrogens is 2. The molecule has 0 aliphatic heterocycles. The van der Waals surface area contributed by atoms with E-state index in [1.54, 1.807) is 0 Å². The average molecular weight is 239 g/mol. The lowest BCUT2D eigenvalue weighted by Crippen LogP contribution is -2.39. The van der Waals surface area contributed by atoms with Gasteiger partial charge >= 0.3 is 11.7 Å². The maximum Gasteiger partial charge on any atom is 0.342 e. The van der Waals surface area contributed by atoms with Gasteiger partial charge in [-0.25, -0.2) is 9.59 Å². The molecule has 7 nitrogen and oxygen atoms in total. The number of rotatable bonds is 2. The predicted octanol–water partition coefficient (Wildman–Crippen LogP) is -0.713. The van der Waals surface area contributed by atoms with Gasteiger partial charge in [-0.3, -0.25) is 14.3 Å². The van der Waals surface area contributed by atoms with E-state index in [-0.39, 0.29) is 12.1 Å². The minimum atomic E-state index is -1.36. The number of aromatic amines is 1. The summed E-state index contributed by atoms with van der Waals surface area (Å²) in [6.45, 7) is 0. The molecule has 0 aromatic carbocycles. The number of aromatic carboxylic acids is 1. The van der Waals surface area contributed by atoms with E-state index in [0.29, 0.717) is 6.42 Å². The van der Waals surface area contributed by atoms with E-state index < -0.39 is 22.8 Å². The van der Waals surface area contributed by atoms with Crippen molar-refractivity contribution in [1.29, 1.82) is 0 Å². The SMILES string of the molecule is N[C@H]1CCC[C@H]1n1cc(C(=O)O)c(=O)[nH]c1=O. The molecule has 0 spiro atoms. The number of carboxylic acids is 1. The monoisotopic (exact) mass is 239 g/mol. The minimum absolute atomic E-state index is 0.180. The van der Waals surface area contributed by atoms with Crippen molar-refractivity contribution in [1.82, 2.24) is 9.55 Å². The molecule has 4 N–H and O–H groups in total. The van der Waals surface area contributed by atoms with Gasteiger partial charge in [0.2, 0.25) is 0 Å². The van der Waals surface area contributed by atoms with Gasteiger partial charge < -0.3 is 10.8 Å². The van der Waals surface area contributed by atoms with Crippen molar-refractivity contribution in [2.24, 2.45) is 5.73 Å². The van der Waals surface area contributed by atoms with Crippen molar-refractivity contribution in [3.8, 4) is 0 Å². The molecule has 1 aliphatic carbocycles. The summed E-state index contributed by atoms with van der Waals surface area (Å²) >= 11 is 0. The molecule has 17 heavy (non-hydrogen) atoms. The second-order valence-corrected chi connectivity index (χ2v) is 4.18. The molecular formula is C10H13N3O4. The highest BCUT2D eigenvalue weighted by molar-refractivity contribution is 5.86. The molecule has 0 saturated heterocycles. The van der Waals surface area contributed by atoms with Crippen LogP contribution in [0.1, 0.15) is 35.7 Å². The molecule has 1 saturated carbocycles.